The molecule has 1 aromatic heterocycles. The van der Waals surface area contributed by atoms with Gasteiger partial charge in [-0.15, -0.1) is 0 Å². The fourth-order valence-corrected chi connectivity index (χ4v) is 4.90. The number of ether oxygens (including phenoxy) is 1. The highest BCUT2D eigenvalue weighted by Crippen LogP contribution is 2.34. The van der Waals surface area contributed by atoms with Crippen molar-refractivity contribution in [3.63, 3.8) is 0 Å². The Morgan fingerprint density at radius 2 is 2.00 bits per heavy atom. The van der Waals surface area contributed by atoms with Crippen molar-refractivity contribution >= 4 is 17.4 Å². The third kappa shape index (κ3) is 3.82. The average molecular weight is 454 g/mol. The largest absolute Gasteiger partial charge is 0.491 e. The number of hydrogen-bond donors (Lipinski definition) is 3. The summed E-state index contributed by atoms with van der Waals surface area (Å²) in [6.45, 7) is 3.01. The van der Waals surface area contributed by atoms with Crippen LogP contribution in [0.3, 0.4) is 0 Å². The number of nitrogens with two attached hydrogens (primary N) is 1. The molecule has 1 saturated carbocycles. The summed E-state index contributed by atoms with van der Waals surface area (Å²) in [6, 6.07) is 14.5. The van der Waals surface area contributed by atoms with Crippen LogP contribution in [0.15, 0.2) is 48.7 Å². The van der Waals surface area contributed by atoms with E-state index in [2.05, 4.69) is 33.4 Å². The molecule has 0 radical (unpaired) electrons. The maximum atomic E-state index is 12.2. The molecule has 0 saturated heterocycles. The number of amides is 1. The molecule has 3 aliphatic rings. The highest BCUT2D eigenvalue weighted by Gasteiger charge is 2.31. The maximum Gasteiger partial charge on any atom is 0.255 e. The second-order valence-electron chi connectivity index (χ2n) is 9.28. The van der Waals surface area contributed by atoms with Crippen LogP contribution >= 0.6 is 0 Å². The summed E-state index contributed by atoms with van der Waals surface area (Å²) in [5, 5.41) is 11.6. The van der Waals surface area contributed by atoms with Gasteiger partial charge in [0.15, 0.2) is 0 Å². The van der Waals surface area contributed by atoms with Crippen molar-refractivity contribution in [1.82, 2.24) is 15.2 Å². The van der Waals surface area contributed by atoms with Crippen LogP contribution < -0.4 is 15.8 Å². The molecule has 1 fully saturated rings. The van der Waals surface area contributed by atoms with Crippen molar-refractivity contribution < 1.29 is 9.53 Å². The molecule has 7 heteroatoms. The van der Waals surface area contributed by atoms with Gasteiger partial charge in [-0.3, -0.25) is 15.1 Å². The summed E-state index contributed by atoms with van der Waals surface area (Å²) in [5.41, 5.74) is 12.9. The normalized spacial score (nSPS) is 17.7. The summed E-state index contributed by atoms with van der Waals surface area (Å²) in [4.78, 5) is 19.2. The quantitative estimate of drug-likeness (QED) is 0.526. The van der Waals surface area contributed by atoms with E-state index in [1.165, 1.54) is 24.0 Å². The van der Waals surface area contributed by atoms with Crippen LogP contribution in [0, 0.1) is 5.41 Å². The van der Waals surface area contributed by atoms with E-state index < -0.39 is 0 Å². The molecule has 1 aliphatic carbocycles. The number of nitrogen functional groups attached to an aromatic ring is 1. The van der Waals surface area contributed by atoms with Crippen LogP contribution in [-0.4, -0.2) is 47.2 Å². The van der Waals surface area contributed by atoms with Crippen molar-refractivity contribution in [3.8, 4) is 16.9 Å². The third-order valence-corrected chi connectivity index (χ3v) is 6.99. The molecule has 0 atom stereocenters. The lowest BCUT2D eigenvalue weighted by molar-refractivity contribution is 0.0957. The first-order valence-corrected chi connectivity index (χ1v) is 11.8. The topological polar surface area (TPSA) is 104 Å². The molecule has 172 valence electrons. The zero-order valence-electron chi connectivity index (χ0n) is 18.9. The first-order valence-electron chi connectivity index (χ1n) is 11.8. The molecule has 7 nitrogen and oxygen atoms in total. The van der Waals surface area contributed by atoms with Gasteiger partial charge in [0.25, 0.3) is 5.91 Å². The minimum Gasteiger partial charge on any atom is -0.491 e. The fourth-order valence-electron chi connectivity index (χ4n) is 4.90. The number of carbonyl (C=O) groups is 1. The third-order valence-electron chi connectivity index (χ3n) is 6.99. The van der Waals surface area contributed by atoms with E-state index >= 15 is 0 Å². The Morgan fingerprint density at radius 3 is 2.85 bits per heavy atom. The minimum absolute atomic E-state index is 0.165. The molecule has 0 bridgehead atoms. The molecule has 2 aromatic carbocycles. The molecule has 4 N–H and O–H groups in total. The number of nitrogens with zero attached hydrogens (tertiary/aromatic N) is 2. The van der Waals surface area contributed by atoms with Crippen LogP contribution in [0.5, 0.6) is 5.75 Å². The van der Waals surface area contributed by atoms with Gasteiger partial charge in [0, 0.05) is 42.0 Å². The predicted molar refractivity (Wildman–Crippen MR) is 131 cm³/mol. The molecule has 3 aromatic rings. The van der Waals surface area contributed by atoms with Crippen molar-refractivity contribution in [1.29, 1.82) is 5.41 Å². The fraction of sp³-hybridized carbons (Fsp3) is 0.296. The van der Waals surface area contributed by atoms with Crippen molar-refractivity contribution in [2.75, 3.05) is 25.4 Å². The number of benzene rings is 2. The van der Waals surface area contributed by atoms with Crippen LogP contribution in [0.1, 0.15) is 45.5 Å². The van der Waals surface area contributed by atoms with Crippen molar-refractivity contribution in [2.24, 2.45) is 0 Å². The van der Waals surface area contributed by atoms with Crippen LogP contribution in [-0.2, 0) is 13.0 Å². The van der Waals surface area contributed by atoms with Gasteiger partial charge in [0.2, 0.25) is 0 Å². The number of carbonyl (C=O) groups excluding carboxylic acids is 1. The Morgan fingerprint density at radius 1 is 1.12 bits per heavy atom. The van der Waals surface area contributed by atoms with Gasteiger partial charge >= 0.3 is 0 Å². The summed E-state index contributed by atoms with van der Waals surface area (Å²) in [6.07, 6.45) is 5.51. The number of aromatic nitrogens is 1. The molecule has 0 spiro atoms. The van der Waals surface area contributed by atoms with E-state index in [9.17, 15) is 4.79 Å². The lowest BCUT2D eigenvalue weighted by Gasteiger charge is -2.29. The maximum absolute atomic E-state index is 12.2. The smallest absolute Gasteiger partial charge is 0.255 e. The Kier molecular flexibility index (Phi) is 5.07. The number of pyridine rings is 1. The van der Waals surface area contributed by atoms with Crippen molar-refractivity contribution in [2.45, 2.75) is 31.8 Å². The molecule has 3 heterocycles. The van der Waals surface area contributed by atoms with E-state index in [-0.39, 0.29) is 11.6 Å². The second kappa shape index (κ2) is 8.25. The van der Waals surface area contributed by atoms with E-state index in [0.717, 1.165) is 36.7 Å². The van der Waals surface area contributed by atoms with Gasteiger partial charge in [0.1, 0.15) is 18.2 Å². The Hall–Kier alpha value is -3.71. The molecule has 2 aliphatic heterocycles. The van der Waals surface area contributed by atoms with Gasteiger partial charge in [-0.1, -0.05) is 24.3 Å². The highest BCUT2D eigenvalue weighted by atomic mass is 16.5. The van der Waals surface area contributed by atoms with Crippen LogP contribution in [0.2, 0.25) is 0 Å². The summed E-state index contributed by atoms with van der Waals surface area (Å²) >= 11 is 0. The van der Waals surface area contributed by atoms with Gasteiger partial charge in [-0.05, 0) is 54.2 Å². The highest BCUT2D eigenvalue weighted by molar-refractivity contribution is 6.14. The summed E-state index contributed by atoms with van der Waals surface area (Å²) < 4.78 is 5.72. The first kappa shape index (κ1) is 20.9. The lowest BCUT2D eigenvalue weighted by Crippen LogP contribution is -2.32. The Balaban J connectivity index is 1.30. The SMILES string of the molecule is N=C(c1ccc2c(c1)OCCNC2=O)c1cc(-c2ccc3c(c2)CCN(C2CC2)C3)cnc1N. The molecule has 34 heavy (non-hydrogen) atoms. The molecular formula is C27H27N5O2. The number of fused-ring (bicyclic) bond motifs is 2. The van der Waals surface area contributed by atoms with Crippen LogP contribution in [0.25, 0.3) is 11.1 Å². The Labute approximate surface area is 198 Å². The number of nitrogens with one attached hydrogen (secondary N) is 2. The lowest BCUT2D eigenvalue weighted by atomic mass is 9.93. The van der Waals surface area contributed by atoms with E-state index in [0.29, 0.717) is 41.4 Å². The summed E-state index contributed by atoms with van der Waals surface area (Å²) in [5.74, 6) is 0.622. The van der Waals surface area contributed by atoms with Gasteiger partial charge in [-0.2, -0.15) is 0 Å². The average Bonchev–Trinajstić information content (AvgIpc) is 3.72. The van der Waals surface area contributed by atoms with Gasteiger partial charge in [0.05, 0.1) is 17.8 Å². The second-order valence-corrected chi connectivity index (χ2v) is 9.28. The minimum atomic E-state index is -0.165. The Bertz CT molecular complexity index is 1310. The molecular weight excluding hydrogens is 426 g/mol. The van der Waals surface area contributed by atoms with E-state index in [4.69, 9.17) is 15.9 Å². The van der Waals surface area contributed by atoms with Gasteiger partial charge < -0.3 is 15.8 Å². The number of anilines is 1. The zero-order chi connectivity index (χ0) is 23.2. The van der Waals surface area contributed by atoms with E-state index in [1.807, 2.05) is 6.07 Å². The first-order chi connectivity index (χ1) is 16.6. The van der Waals surface area contributed by atoms with Gasteiger partial charge in [-0.25, -0.2) is 4.98 Å². The molecule has 1 amide bonds. The predicted octanol–water partition coefficient (Wildman–Crippen LogP) is 3.39. The zero-order valence-corrected chi connectivity index (χ0v) is 18.9. The monoisotopic (exact) mass is 453 g/mol. The number of rotatable bonds is 4. The summed E-state index contributed by atoms with van der Waals surface area (Å²) in [7, 11) is 0. The van der Waals surface area contributed by atoms with Crippen LogP contribution in [0.4, 0.5) is 5.82 Å². The van der Waals surface area contributed by atoms with E-state index in [1.54, 1.807) is 24.4 Å². The molecule has 0 unspecified atom stereocenters. The standard InChI is InChI=1S/C27H27N5O2/c28-25(18-3-6-22-24(13-18)34-10-8-30-27(22)33)23-12-20(14-31-26(23)29)16-1-2-19-15-32(21-4-5-21)9-7-17(19)11-16/h1-3,6,11-14,21,28H,4-5,7-10,15H2,(H2,29,31)(H,30,33). The number of hydrogen-bond acceptors (Lipinski definition) is 6. The molecule has 6 rings (SSSR count). The van der Waals surface area contributed by atoms with Crippen molar-refractivity contribution in [3.05, 3.63) is 76.5 Å².